The van der Waals surface area contributed by atoms with E-state index < -0.39 is 9.84 Å². The fourth-order valence-electron chi connectivity index (χ4n) is 3.35. The summed E-state index contributed by atoms with van der Waals surface area (Å²) >= 11 is 6.13. The molecule has 1 aromatic carbocycles. The van der Waals surface area contributed by atoms with Crippen LogP contribution in [0.1, 0.15) is 31.7 Å². The summed E-state index contributed by atoms with van der Waals surface area (Å²) in [6.07, 6.45) is 2.98. The molecule has 1 unspecified atom stereocenters. The minimum atomic E-state index is -2.83. The minimum Gasteiger partial charge on any atom is -0.357 e. The molecule has 0 bridgehead atoms. The van der Waals surface area contributed by atoms with E-state index in [0.29, 0.717) is 18.8 Å². The van der Waals surface area contributed by atoms with Crippen LogP contribution in [0.15, 0.2) is 29.3 Å². The lowest BCUT2D eigenvalue weighted by molar-refractivity contribution is 0.566. The van der Waals surface area contributed by atoms with E-state index in [9.17, 15) is 8.42 Å². The summed E-state index contributed by atoms with van der Waals surface area (Å²) in [5, 5.41) is 7.33. The molecule has 1 saturated carbocycles. The maximum absolute atomic E-state index is 11.6. The molecule has 1 aromatic rings. The van der Waals surface area contributed by atoms with Crippen molar-refractivity contribution in [2.24, 2.45) is 10.9 Å². The lowest BCUT2D eigenvalue weighted by Gasteiger charge is -2.17. The zero-order chi connectivity index (χ0) is 17.9. The summed E-state index contributed by atoms with van der Waals surface area (Å²) in [6, 6.07) is 8.04. The Bertz CT molecular complexity index is 744. The molecule has 1 heterocycles. The van der Waals surface area contributed by atoms with Crippen LogP contribution in [0.25, 0.3) is 0 Å². The van der Waals surface area contributed by atoms with Gasteiger partial charge in [0.15, 0.2) is 15.8 Å². The zero-order valence-electron chi connectivity index (χ0n) is 14.6. The molecular formula is C18H26ClN3O2S. The van der Waals surface area contributed by atoms with E-state index in [1.807, 2.05) is 25.1 Å². The van der Waals surface area contributed by atoms with Crippen LogP contribution in [0, 0.1) is 5.92 Å². The summed E-state index contributed by atoms with van der Waals surface area (Å²) in [4.78, 5) is 4.75. The molecule has 25 heavy (non-hydrogen) atoms. The lowest BCUT2D eigenvalue weighted by Crippen LogP contribution is -2.40. The Morgan fingerprint density at radius 1 is 1.36 bits per heavy atom. The highest BCUT2D eigenvalue weighted by Crippen LogP contribution is 2.48. The van der Waals surface area contributed by atoms with Crippen LogP contribution in [-0.4, -0.2) is 45.5 Å². The van der Waals surface area contributed by atoms with Gasteiger partial charge in [-0.1, -0.05) is 23.7 Å². The quantitative estimate of drug-likeness (QED) is 0.584. The molecule has 5 nitrogen and oxygen atoms in total. The first-order valence-corrected chi connectivity index (χ1v) is 11.1. The molecule has 2 fully saturated rings. The van der Waals surface area contributed by atoms with Gasteiger partial charge in [0.05, 0.1) is 18.1 Å². The van der Waals surface area contributed by atoms with Gasteiger partial charge in [-0.2, -0.15) is 0 Å². The van der Waals surface area contributed by atoms with Gasteiger partial charge in [0.2, 0.25) is 0 Å². The first-order valence-electron chi connectivity index (χ1n) is 8.91. The molecule has 0 radical (unpaired) electrons. The van der Waals surface area contributed by atoms with Crippen LogP contribution in [0.4, 0.5) is 0 Å². The second-order valence-corrected chi connectivity index (χ2v) is 9.80. The van der Waals surface area contributed by atoms with Gasteiger partial charge in [0, 0.05) is 23.5 Å². The molecule has 2 N–H and O–H groups in total. The normalized spacial score (nSPS) is 24.1. The predicted octanol–water partition coefficient (Wildman–Crippen LogP) is 2.36. The van der Waals surface area contributed by atoms with Gasteiger partial charge >= 0.3 is 0 Å². The molecule has 1 aliphatic carbocycles. The zero-order valence-corrected chi connectivity index (χ0v) is 16.2. The lowest BCUT2D eigenvalue weighted by atomic mass is 9.96. The highest BCUT2D eigenvalue weighted by molar-refractivity contribution is 7.91. The maximum Gasteiger partial charge on any atom is 0.191 e. The average molecular weight is 384 g/mol. The van der Waals surface area contributed by atoms with E-state index in [1.54, 1.807) is 0 Å². The maximum atomic E-state index is 11.6. The van der Waals surface area contributed by atoms with Crippen LogP contribution < -0.4 is 10.6 Å². The van der Waals surface area contributed by atoms with Crippen molar-refractivity contribution in [2.75, 3.05) is 31.1 Å². The Kier molecular flexibility index (Phi) is 5.58. The van der Waals surface area contributed by atoms with Crippen molar-refractivity contribution in [3.8, 4) is 0 Å². The molecule has 3 rings (SSSR count). The van der Waals surface area contributed by atoms with Gasteiger partial charge in [-0.25, -0.2) is 8.42 Å². The number of rotatable bonds is 6. The van der Waals surface area contributed by atoms with Crippen LogP contribution >= 0.6 is 11.6 Å². The van der Waals surface area contributed by atoms with Gasteiger partial charge in [0.25, 0.3) is 0 Å². The summed E-state index contributed by atoms with van der Waals surface area (Å²) in [5.41, 5.74) is 1.35. The average Bonchev–Trinajstić information content (AvgIpc) is 3.28. The summed E-state index contributed by atoms with van der Waals surface area (Å²) in [6.45, 7) is 4.17. The number of hydrogen-bond donors (Lipinski definition) is 2. The van der Waals surface area contributed by atoms with Crippen molar-refractivity contribution < 1.29 is 8.42 Å². The minimum absolute atomic E-state index is 0.101. The molecule has 138 valence electrons. The van der Waals surface area contributed by atoms with E-state index >= 15 is 0 Å². The van der Waals surface area contributed by atoms with Gasteiger partial charge < -0.3 is 10.6 Å². The van der Waals surface area contributed by atoms with E-state index in [4.69, 9.17) is 16.6 Å². The SMILES string of the molecule is CCNC(=NCC1(c2cccc(Cl)c2)CC1)NCC1CCS(=O)(=O)C1. The predicted molar refractivity (Wildman–Crippen MR) is 103 cm³/mol. The molecule has 0 amide bonds. The third kappa shape index (κ3) is 4.88. The van der Waals surface area contributed by atoms with Crippen molar-refractivity contribution >= 4 is 27.4 Å². The molecule has 0 spiro atoms. The first kappa shape index (κ1) is 18.5. The highest BCUT2D eigenvalue weighted by Gasteiger charge is 2.44. The highest BCUT2D eigenvalue weighted by atomic mass is 35.5. The van der Waals surface area contributed by atoms with Gasteiger partial charge in [-0.05, 0) is 49.8 Å². The number of hydrogen-bond acceptors (Lipinski definition) is 3. The number of nitrogens with zero attached hydrogens (tertiary/aromatic N) is 1. The fourth-order valence-corrected chi connectivity index (χ4v) is 5.41. The summed E-state index contributed by atoms with van der Waals surface area (Å²) in [7, 11) is -2.83. The molecular weight excluding hydrogens is 358 g/mol. The number of benzene rings is 1. The third-order valence-electron chi connectivity index (χ3n) is 5.06. The van der Waals surface area contributed by atoms with Crippen LogP contribution in [0.3, 0.4) is 0 Å². The van der Waals surface area contributed by atoms with E-state index in [2.05, 4.69) is 16.7 Å². The van der Waals surface area contributed by atoms with E-state index in [-0.39, 0.29) is 17.1 Å². The van der Waals surface area contributed by atoms with Gasteiger partial charge in [0.1, 0.15) is 0 Å². The monoisotopic (exact) mass is 383 g/mol. The number of aliphatic imine (C=N–C) groups is 1. The van der Waals surface area contributed by atoms with Crippen molar-refractivity contribution in [2.45, 2.75) is 31.6 Å². The Labute approximate surface area is 155 Å². The number of nitrogens with one attached hydrogen (secondary N) is 2. The Balaban J connectivity index is 1.60. The standard InChI is InChI=1S/C18H26ClN3O2S/c1-2-20-17(21-11-14-6-9-25(23,24)12-14)22-13-18(7-8-18)15-4-3-5-16(19)10-15/h3-5,10,14H,2,6-9,11-13H2,1H3,(H2,20,21,22). The largest absolute Gasteiger partial charge is 0.357 e. The Morgan fingerprint density at radius 3 is 2.76 bits per heavy atom. The topological polar surface area (TPSA) is 70.6 Å². The Morgan fingerprint density at radius 2 is 2.16 bits per heavy atom. The van der Waals surface area contributed by atoms with E-state index in [1.165, 1.54) is 5.56 Å². The molecule has 0 aromatic heterocycles. The molecule has 7 heteroatoms. The number of sulfone groups is 1. The molecule has 2 aliphatic rings. The fraction of sp³-hybridized carbons (Fsp3) is 0.611. The molecule has 1 aliphatic heterocycles. The van der Waals surface area contributed by atoms with Crippen molar-refractivity contribution in [1.82, 2.24) is 10.6 Å². The summed E-state index contributed by atoms with van der Waals surface area (Å²) < 4.78 is 23.2. The Hall–Kier alpha value is -1.27. The second-order valence-electron chi connectivity index (χ2n) is 7.14. The molecule has 1 atom stereocenters. The van der Waals surface area contributed by atoms with Crippen molar-refractivity contribution in [3.63, 3.8) is 0 Å². The van der Waals surface area contributed by atoms with Gasteiger partial charge in [-0.15, -0.1) is 0 Å². The first-order chi connectivity index (χ1) is 11.9. The van der Waals surface area contributed by atoms with Crippen molar-refractivity contribution in [3.05, 3.63) is 34.9 Å². The third-order valence-corrected chi connectivity index (χ3v) is 7.13. The number of halogens is 1. The second kappa shape index (κ2) is 7.54. The summed E-state index contributed by atoms with van der Waals surface area (Å²) in [5.74, 6) is 1.54. The number of guanidine groups is 1. The van der Waals surface area contributed by atoms with Crippen LogP contribution in [0.5, 0.6) is 0 Å². The van der Waals surface area contributed by atoms with E-state index in [0.717, 1.165) is 36.8 Å². The van der Waals surface area contributed by atoms with Crippen molar-refractivity contribution in [1.29, 1.82) is 0 Å². The van der Waals surface area contributed by atoms with Crippen LogP contribution in [0.2, 0.25) is 5.02 Å². The smallest absolute Gasteiger partial charge is 0.191 e. The van der Waals surface area contributed by atoms with Crippen LogP contribution in [-0.2, 0) is 15.3 Å². The van der Waals surface area contributed by atoms with Gasteiger partial charge in [-0.3, -0.25) is 4.99 Å². The molecule has 1 saturated heterocycles.